The lowest BCUT2D eigenvalue weighted by Crippen LogP contribution is -2.24. The number of carbonyl (C=O) groups is 1. The van der Waals surface area contributed by atoms with Crippen LogP contribution in [0.25, 0.3) is 0 Å². The van der Waals surface area contributed by atoms with Crippen molar-refractivity contribution in [3.8, 4) is 0 Å². The Morgan fingerprint density at radius 2 is 2.06 bits per heavy atom. The highest BCUT2D eigenvalue weighted by Gasteiger charge is 2.30. The van der Waals surface area contributed by atoms with E-state index in [9.17, 15) is 18.0 Å². The average molecular weight is 229 g/mol. The lowest BCUT2D eigenvalue weighted by atomic mass is 10.2. The van der Waals surface area contributed by atoms with E-state index < -0.39 is 17.6 Å². The highest BCUT2D eigenvalue weighted by Crippen LogP contribution is 2.31. The lowest BCUT2D eigenvalue weighted by Gasteiger charge is -2.16. The van der Waals surface area contributed by atoms with Crippen LogP contribution in [0.1, 0.15) is 5.56 Å². The van der Waals surface area contributed by atoms with Crippen molar-refractivity contribution in [2.24, 2.45) is 0 Å². The predicted octanol–water partition coefficient (Wildman–Crippen LogP) is 2.85. The van der Waals surface area contributed by atoms with Gasteiger partial charge in [-0.3, -0.25) is 4.79 Å². The summed E-state index contributed by atoms with van der Waals surface area (Å²) in [5.74, 6) is -0.459. The Morgan fingerprint density at radius 3 is 2.56 bits per heavy atom. The molecule has 0 saturated heterocycles. The summed E-state index contributed by atoms with van der Waals surface area (Å²) in [7, 11) is 1.39. The van der Waals surface area contributed by atoms with Crippen molar-refractivity contribution in [2.45, 2.75) is 6.18 Å². The zero-order chi connectivity index (χ0) is 12.3. The number of amides is 1. The molecule has 0 saturated carbocycles. The van der Waals surface area contributed by atoms with Gasteiger partial charge in [-0.05, 0) is 24.3 Å². The van der Waals surface area contributed by atoms with Gasteiger partial charge in [-0.1, -0.05) is 12.6 Å². The van der Waals surface area contributed by atoms with Crippen LogP contribution >= 0.6 is 0 Å². The maximum absolute atomic E-state index is 12.4. The van der Waals surface area contributed by atoms with Crippen LogP contribution in [0, 0.1) is 0 Å². The molecule has 0 unspecified atom stereocenters. The lowest BCUT2D eigenvalue weighted by molar-refractivity contribution is -0.137. The molecule has 0 fully saturated rings. The third-order valence-corrected chi connectivity index (χ3v) is 2.07. The van der Waals surface area contributed by atoms with Gasteiger partial charge < -0.3 is 4.90 Å². The van der Waals surface area contributed by atoms with Gasteiger partial charge >= 0.3 is 6.18 Å². The Labute approximate surface area is 91.0 Å². The summed E-state index contributed by atoms with van der Waals surface area (Å²) in [5.41, 5.74) is -0.603. The second-order valence-electron chi connectivity index (χ2n) is 3.15. The summed E-state index contributed by atoms with van der Waals surface area (Å²) in [5, 5.41) is 0. The molecule has 0 radical (unpaired) electrons. The Morgan fingerprint density at radius 1 is 1.44 bits per heavy atom. The molecule has 0 bridgehead atoms. The first-order valence-electron chi connectivity index (χ1n) is 4.43. The molecule has 0 aliphatic heterocycles. The number of nitrogens with zero attached hydrogens (tertiary/aromatic N) is 1. The number of hydrogen-bond acceptors (Lipinski definition) is 1. The van der Waals surface area contributed by atoms with Crippen LogP contribution in [0.4, 0.5) is 18.9 Å². The minimum Gasteiger partial charge on any atom is -0.312 e. The van der Waals surface area contributed by atoms with Crippen molar-refractivity contribution >= 4 is 11.6 Å². The van der Waals surface area contributed by atoms with Gasteiger partial charge in [0.15, 0.2) is 0 Å². The number of benzene rings is 1. The molecule has 1 aromatic rings. The van der Waals surface area contributed by atoms with Crippen LogP contribution < -0.4 is 4.90 Å². The molecule has 86 valence electrons. The quantitative estimate of drug-likeness (QED) is 0.714. The summed E-state index contributed by atoms with van der Waals surface area (Å²) in [6, 6.07) is 4.55. The van der Waals surface area contributed by atoms with Crippen molar-refractivity contribution in [2.75, 3.05) is 11.9 Å². The Kier molecular flexibility index (Phi) is 3.37. The first kappa shape index (κ1) is 12.3. The third kappa shape index (κ3) is 2.62. The summed E-state index contributed by atoms with van der Waals surface area (Å²) in [6.45, 7) is 3.26. The van der Waals surface area contributed by atoms with Gasteiger partial charge in [0.2, 0.25) is 5.91 Å². The van der Waals surface area contributed by atoms with Crippen LogP contribution in [-0.4, -0.2) is 13.0 Å². The van der Waals surface area contributed by atoms with E-state index in [4.69, 9.17) is 0 Å². The van der Waals surface area contributed by atoms with E-state index in [-0.39, 0.29) is 5.69 Å². The number of halogens is 3. The maximum atomic E-state index is 12.4. The molecule has 0 aliphatic rings. The van der Waals surface area contributed by atoms with Crippen molar-refractivity contribution in [1.82, 2.24) is 0 Å². The Bertz CT molecular complexity index is 412. The largest absolute Gasteiger partial charge is 0.416 e. The molecule has 0 N–H and O–H groups in total. The highest BCUT2D eigenvalue weighted by molar-refractivity contribution is 6.00. The van der Waals surface area contributed by atoms with Crippen LogP contribution in [0.3, 0.4) is 0 Å². The van der Waals surface area contributed by atoms with E-state index in [1.165, 1.54) is 19.2 Å². The maximum Gasteiger partial charge on any atom is 0.416 e. The van der Waals surface area contributed by atoms with Crippen LogP contribution in [0.15, 0.2) is 36.9 Å². The highest BCUT2D eigenvalue weighted by atomic mass is 19.4. The summed E-state index contributed by atoms with van der Waals surface area (Å²) in [6.07, 6.45) is -3.37. The van der Waals surface area contributed by atoms with E-state index in [0.29, 0.717) is 0 Å². The molecular formula is C11H10F3NO. The van der Waals surface area contributed by atoms with Gasteiger partial charge in [0, 0.05) is 12.7 Å². The van der Waals surface area contributed by atoms with Gasteiger partial charge in [-0.25, -0.2) is 0 Å². The van der Waals surface area contributed by atoms with Gasteiger partial charge in [0.25, 0.3) is 0 Å². The zero-order valence-corrected chi connectivity index (χ0v) is 8.58. The molecule has 16 heavy (non-hydrogen) atoms. The molecule has 5 heteroatoms. The minimum atomic E-state index is -4.41. The Hall–Kier alpha value is -1.78. The standard InChI is InChI=1S/C11H10F3NO/c1-3-10(16)15(2)9-6-4-5-8(7-9)11(12,13)14/h3-7H,1H2,2H3. The fourth-order valence-corrected chi connectivity index (χ4v) is 1.16. The average Bonchev–Trinajstić information content (AvgIpc) is 2.26. The Balaban J connectivity index is 3.08. The molecule has 0 heterocycles. The number of alkyl halides is 3. The molecule has 0 aliphatic carbocycles. The normalized spacial score (nSPS) is 11.0. The van der Waals surface area contributed by atoms with E-state index in [0.717, 1.165) is 23.1 Å². The van der Waals surface area contributed by atoms with Crippen molar-refractivity contribution in [3.63, 3.8) is 0 Å². The van der Waals surface area contributed by atoms with Crippen molar-refractivity contribution in [3.05, 3.63) is 42.5 Å². The van der Waals surface area contributed by atoms with Gasteiger partial charge in [-0.2, -0.15) is 13.2 Å². The van der Waals surface area contributed by atoms with Crippen molar-refractivity contribution in [1.29, 1.82) is 0 Å². The topological polar surface area (TPSA) is 20.3 Å². The number of anilines is 1. The molecule has 1 amide bonds. The number of hydrogen-bond donors (Lipinski definition) is 0. The third-order valence-electron chi connectivity index (χ3n) is 2.07. The monoisotopic (exact) mass is 229 g/mol. The zero-order valence-electron chi connectivity index (χ0n) is 8.58. The van der Waals surface area contributed by atoms with Gasteiger partial charge in [-0.15, -0.1) is 0 Å². The number of rotatable bonds is 2. The van der Waals surface area contributed by atoms with Gasteiger partial charge in [0.1, 0.15) is 0 Å². The fourth-order valence-electron chi connectivity index (χ4n) is 1.16. The van der Waals surface area contributed by atoms with Crippen molar-refractivity contribution < 1.29 is 18.0 Å². The van der Waals surface area contributed by atoms with E-state index in [1.807, 2.05) is 0 Å². The second-order valence-corrected chi connectivity index (χ2v) is 3.15. The number of likely N-dealkylation sites (N-methyl/N-ethyl adjacent to an activating group) is 1. The van der Waals surface area contributed by atoms with E-state index in [2.05, 4.69) is 6.58 Å². The summed E-state index contributed by atoms with van der Waals surface area (Å²) >= 11 is 0. The van der Waals surface area contributed by atoms with Gasteiger partial charge in [0.05, 0.1) is 5.56 Å². The molecular weight excluding hydrogens is 219 g/mol. The summed E-state index contributed by atoms with van der Waals surface area (Å²) < 4.78 is 37.2. The van der Waals surface area contributed by atoms with Crippen LogP contribution in [0.2, 0.25) is 0 Å². The number of carbonyl (C=O) groups excluding carboxylic acids is 1. The smallest absolute Gasteiger partial charge is 0.312 e. The fraction of sp³-hybridized carbons (Fsp3) is 0.182. The molecule has 0 spiro atoms. The molecule has 1 rings (SSSR count). The van der Waals surface area contributed by atoms with Crippen LogP contribution in [-0.2, 0) is 11.0 Å². The first-order valence-corrected chi connectivity index (χ1v) is 4.43. The first-order chi connectivity index (χ1) is 7.36. The van der Waals surface area contributed by atoms with Crippen LogP contribution in [0.5, 0.6) is 0 Å². The summed E-state index contributed by atoms with van der Waals surface area (Å²) in [4.78, 5) is 12.3. The predicted molar refractivity (Wildman–Crippen MR) is 55.1 cm³/mol. The van der Waals surface area contributed by atoms with E-state index >= 15 is 0 Å². The molecule has 0 atom stereocenters. The second kappa shape index (κ2) is 4.38. The molecule has 2 nitrogen and oxygen atoms in total. The minimum absolute atomic E-state index is 0.180. The SMILES string of the molecule is C=CC(=O)N(C)c1cccc(C(F)(F)F)c1. The molecule has 1 aromatic carbocycles. The van der Waals surface area contributed by atoms with E-state index in [1.54, 1.807) is 0 Å². The molecule has 0 aromatic heterocycles.